The van der Waals surface area contributed by atoms with Crippen LogP contribution in [0.5, 0.6) is 0 Å². The first-order valence-electron chi connectivity index (χ1n) is 9.06. The van der Waals surface area contributed by atoms with Gasteiger partial charge in [-0.15, -0.1) is 11.8 Å². The van der Waals surface area contributed by atoms with Gasteiger partial charge in [-0.05, 0) is 17.7 Å². The highest BCUT2D eigenvalue weighted by Crippen LogP contribution is 2.24. The van der Waals surface area contributed by atoms with Gasteiger partial charge in [0.1, 0.15) is 6.04 Å². The number of amides is 2. The molecule has 1 fully saturated rings. The topological polar surface area (TPSA) is 96.5 Å². The Balaban J connectivity index is 1.67. The summed E-state index contributed by atoms with van der Waals surface area (Å²) in [6, 6.07) is 12.4. The van der Waals surface area contributed by atoms with Crippen molar-refractivity contribution in [2.75, 3.05) is 11.6 Å². The Morgan fingerprint density at radius 3 is 2.43 bits per heavy atom. The normalized spacial score (nSPS) is 16.5. The molecule has 2 atom stereocenters. The largest absolute Gasteiger partial charge is 0.354 e. The summed E-state index contributed by atoms with van der Waals surface area (Å²) < 4.78 is 0. The Morgan fingerprint density at radius 1 is 1.10 bits per heavy atom. The molecule has 0 spiro atoms. The molecule has 0 saturated carbocycles. The van der Waals surface area contributed by atoms with Crippen molar-refractivity contribution >= 4 is 52.7 Å². The maximum atomic E-state index is 12.7. The van der Waals surface area contributed by atoms with Crippen LogP contribution in [0.2, 0.25) is 10.0 Å². The number of hydrogen-bond donors (Lipinski definition) is 3. The number of hydrogen-bond acceptors (Lipinski definition) is 6. The number of carbonyl (C=O) groups is 3. The quantitative estimate of drug-likeness (QED) is 0.564. The third kappa shape index (κ3) is 5.89. The monoisotopic (exact) mass is 467 g/mol. The summed E-state index contributed by atoms with van der Waals surface area (Å²) >= 11 is 13.6. The highest BCUT2D eigenvalue weighted by molar-refractivity contribution is 7.99. The fourth-order valence-electron chi connectivity index (χ4n) is 2.81. The van der Waals surface area contributed by atoms with Gasteiger partial charge in [-0.1, -0.05) is 59.6 Å². The van der Waals surface area contributed by atoms with Crippen LogP contribution in [0.1, 0.15) is 15.9 Å². The number of benzene rings is 2. The Morgan fingerprint density at radius 2 is 1.80 bits per heavy atom. The number of halogens is 2. The van der Waals surface area contributed by atoms with E-state index in [1.165, 1.54) is 12.1 Å². The molecule has 30 heavy (non-hydrogen) atoms. The summed E-state index contributed by atoms with van der Waals surface area (Å²) in [5.41, 5.74) is 2.88. The molecule has 0 radical (unpaired) electrons. The SMILES string of the molecule is O=C(NOC(=O)[C@H](Cc1ccccc1)NC(=O)[C@@H]1CSCN1)c1c(Cl)cccc1Cl. The molecule has 3 N–H and O–H groups in total. The van der Waals surface area contributed by atoms with Crippen LogP contribution in [0.25, 0.3) is 0 Å². The second kappa shape index (κ2) is 10.7. The minimum Gasteiger partial charge on any atom is -0.341 e. The molecule has 10 heteroatoms. The van der Waals surface area contributed by atoms with E-state index in [9.17, 15) is 14.4 Å². The van der Waals surface area contributed by atoms with E-state index in [1.807, 2.05) is 30.3 Å². The van der Waals surface area contributed by atoms with Gasteiger partial charge in [-0.3, -0.25) is 14.9 Å². The molecule has 0 aromatic heterocycles. The van der Waals surface area contributed by atoms with E-state index in [-0.39, 0.29) is 27.9 Å². The highest BCUT2D eigenvalue weighted by atomic mass is 35.5. The molecule has 2 amide bonds. The zero-order valence-electron chi connectivity index (χ0n) is 15.7. The lowest BCUT2D eigenvalue weighted by molar-refractivity contribution is -0.153. The van der Waals surface area contributed by atoms with Crippen LogP contribution in [0.4, 0.5) is 0 Å². The van der Waals surface area contributed by atoms with Crippen molar-refractivity contribution in [1.82, 2.24) is 16.1 Å². The van der Waals surface area contributed by atoms with Crippen molar-refractivity contribution in [3.05, 3.63) is 69.7 Å². The molecule has 158 valence electrons. The average Bonchev–Trinajstić information content (AvgIpc) is 3.27. The Labute approximate surface area is 187 Å². The average molecular weight is 468 g/mol. The van der Waals surface area contributed by atoms with Gasteiger partial charge in [0.2, 0.25) is 5.91 Å². The van der Waals surface area contributed by atoms with Crippen LogP contribution >= 0.6 is 35.0 Å². The molecule has 2 aromatic carbocycles. The molecular formula is C20H19Cl2N3O4S. The molecule has 0 aliphatic carbocycles. The zero-order chi connectivity index (χ0) is 21.5. The van der Waals surface area contributed by atoms with Crippen molar-refractivity contribution in [2.24, 2.45) is 0 Å². The standard InChI is InChI=1S/C20H19Cl2N3O4S/c21-13-7-4-8-14(22)17(13)19(27)25-29-20(28)15(9-12-5-2-1-3-6-12)24-18(26)16-10-30-11-23-16/h1-8,15-16,23H,9-11H2,(H,24,26)(H,25,27)/t15-,16-/m0/s1. The fraction of sp³-hybridized carbons (Fsp3) is 0.250. The predicted molar refractivity (Wildman–Crippen MR) is 116 cm³/mol. The van der Waals surface area contributed by atoms with Crippen LogP contribution in [0.15, 0.2) is 48.5 Å². The number of hydroxylamine groups is 1. The molecule has 3 rings (SSSR count). The minimum atomic E-state index is -0.991. The summed E-state index contributed by atoms with van der Waals surface area (Å²) in [6.45, 7) is 0. The summed E-state index contributed by atoms with van der Waals surface area (Å²) in [5.74, 6) is -0.605. The molecule has 0 bridgehead atoms. The van der Waals surface area contributed by atoms with E-state index in [0.717, 1.165) is 5.56 Å². The fourth-order valence-corrected chi connectivity index (χ4v) is 4.32. The lowest BCUT2D eigenvalue weighted by Gasteiger charge is -2.19. The first-order valence-corrected chi connectivity index (χ1v) is 11.0. The molecule has 1 aliphatic heterocycles. The Hall–Kier alpha value is -2.26. The van der Waals surface area contributed by atoms with Crippen molar-refractivity contribution < 1.29 is 19.2 Å². The summed E-state index contributed by atoms with van der Waals surface area (Å²) in [5, 5.41) is 5.99. The maximum absolute atomic E-state index is 12.7. The van der Waals surface area contributed by atoms with E-state index < -0.39 is 24.0 Å². The number of nitrogens with one attached hydrogen (secondary N) is 3. The van der Waals surface area contributed by atoms with E-state index in [4.69, 9.17) is 28.0 Å². The number of rotatable bonds is 6. The van der Waals surface area contributed by atoms with Gasteiger partial charge in [0, 0.05) is 18.1 Å². The Bertz CT molecular complexity index is 903. The molecule has 2 aromatic rings. The van der Waals surface area contributed by atoms with Gasteiger partial charge in [0.15, 0.2) is 0 Å². The van der Waals surface area contributed by atoms with Gasteiger partial charge in [0.25, 0.3) is 5.91 Å². The van der Waals surface area contributed by atoms with Crippen molar-refractivity contribution in [3.63, 3.8) is 0 Å². The van der Waals surface area contributed by atoms with Crippen LogP contribution in [-0.2, 0) is 20.8 Å². The van der Waals surface area contributed by atoms with Gasteiger partial charge in [-0.2, -0.15) is 5.48 Å². The third-order valence-corrected chi connectivity index (χ3v) is 5.92. The van der Waals surface area contributed by atoms with E-state index in [0.29, 0.717) is 11.6 Å². The van der Waals surface area contributed by atoms with E-state index in [2.05, 4.69) is 16.1 Å². The third-order valence-electron chi connectivity index (χ3n) is 4.35. The summed E-state index contributed by atoms with van der Waals surface area (Å²) in [6.07, 6.45) is 0.202. The lowest BCUT2D eigenvalue weighted by Crippen LogP contribution is -2.51. The van der Waals surface area contributed by atoms with Crippen LogP contribution in [-0.4, -0.2) is 41.5 Å². The second-order valence-corrected chi connectivity index (χ2v) is 8.32. The molecular weight excluding hydrogens is 449 g/mol. The number of carbonyl (C=O) groups excluding carboxylic acids is 3. The first-order chi connectivity index (χ1) is 14.5. The second-order valence-electron chi connectivity index (χ2n) is 6.47. The van der Waals surface area contributed by atoms with Crippen molar-refractivity contribution in [2.45, 2.75) is 18.5 Å². The summed E-state index contributed by atoms with van der Waals surface area (Å²) in [4.78, 5) is 42.5. The number of thioether (sulfide) groups is 1. The molecule has 7 nitrogen and oxygen atoms in total. The molecule has 1 aliphatic rings. The summed E-state index contributed by atoms with van der Waals surface area (Å²) in [7, 11) is 0. The highest BCUT2D eigenvalue weighted by Gasteiger charge is 2.29. The Kier molecular flexibility index (Phi) is 7.98. The van der Waals surface area contributed by atoms with Crippen molar-refractivity contribution in [1.29, 1.82) is 0 Å². The molecule has 1 heterocycles. The smallest absolute Gasteiger partial charge is 0.341 e. The van der Waals surface area contributed by atoms with Gasteiger partial charge in [0.05, 0.1) is 21.7 Å². The zero-order valence-corrected chi connectivity index (χ0v) is 18.0. The van der Waals surface area contributed by atoms with E-state index in [1.54, 1.807) is 17.8 Å². The minimum absolute atomic E-state index is 0.00976. The van der Waals surface area contributed by atoms with Crippen LogP contribution in [0, 0.1) is 0 Å². The van der Waals surface area contributed by atoms with Crippen LogP contribution in [0.3, 0.4) is 0 Å². The van der Waals surface area contributed by atoms with E-state index >= 15 is 0 Å². The van der Waals surface area contributed by atoms with Gasteiger partial charge in [-0.25, -0.2) is 4.79 Å². The molecule has 0 unspecified atom stereocenters. The predicted octanol–water partition coefficient (Wildman–Crippen LogP) is 2.57. The first kappa shape index (κ1) is 22.4. The maximum Gasteiger partial charge on any atom is 0.354 e. The van der Waals surface area contributed by atoms with Gasteiger partial charge >= 0.3 is 5.97 Å². The lowest BCUT2D eigenvalue weighted by atomic mass is 10.1. The van der Waals surface area contributed by atoms with Gasteiger partial charge < -0.3 is 10.2 Å². The van der Waals surface area contributed by atoms with Crippen molar-refractivity contribution in [3.8, 4) is 0 Å². The molecule has 1 saturated heterocycles. The van der Waals surface area contributed by atoms with Crippen LogP contribution < -0.4 is 16.1 Å².